The van der Waals surface area contributed by atoms with Crippen molar-refractivity contribution in [3.8, 4) is 11.4 Å². The quantitative estimate of drug-likeness (QED) is 0.563. The van der Waals surface area contributed by atoms with Gasteiger partial charge in [0.2, 0.25) is 0 Å². The molecule has 0 bridgehead atoms. The Labute approximate surface area is 156 Å². The van der Waals surface area contributed by atoms with Crippen LogP contribution in [0.4, 0.5) is 11.6 Å². The third kappa shape index (κ3) is 3.34. The van der Waals surface area contributed by atoms with E-state index in [1.807, 2.05) is 30.3 Å². The number of anilines is 2. The van der Waals surface area contributed by atoms with Gasteiger partial charge < -0.3 is 10.4 Å². The minimum Gasteiger partial charge on any atom is -0.384 e. The van der Waals surface area contributed by atoms with Crippen LogP contribution in [-0.4, -0.2) is 25.3 Å². The van der Waals surface area contributed by atoms with Gasteiger partial charge in [0, 0.05) is 23.2 Å². The fourth-order valence-electron chi connectivity index (χ4n) is 2.80. The highest BCUT2D eigenvalue weighted by Gasteiger charge is 2.25. The molecule has 4 rings (SSSR count). The van der Waals surface area contributed by atoms with E-state index in [2.05, 4.69) is 32.1 Å². The molecule has 2 aromatic heterocycles. The van der Waals surface area contributed by atoms with Crippen LogP contribution in [0.3, 0.4) is 0 Å². The van der Waals surface area contributed by atoms with Crippen molar-refractivity contribution in [1.29, 1.82) is 0 Å². The van der Waals surface area contributed by atoms with Crippen molar-refractivity contribution >= 4 is 23.2 Å². The Balaban J connectivity index is 1.67. The summed E-state index contributed by atoms with van der Waals surface area (Å²) < 4.78 is 0. The number of H-pyrrole nitrogens is 1. The maximum atomic E-state index is 10.2. The van der Waals surface area contributed by atoms with Gasteiger partial charge in [0.25, 0.3) is 0 Å². The molecule has 0 amide bonds. The topological polar surface area (TPSA) is 86.7 Å². The van der Waals surface area contributed by atoms with Gasteiger partial charge in [0.05, 0.1) is 12.3 Å². The number of aliphatic hydroxyl groups excluding tert-OH is 1. The van der Waals surface area contributed by atoms with Crippen molar-refractivity contribution in [2.75, 3.05) is 5.32 Å². The maximum Gasteiger partial charge on any atom is 0.162 e. The highest BCUT2D eigenvalue weighted by Crippen LogP contribution is 2.40. The summed E-state index contributed by atoms with van der Waals surface area (Å²) >= 11 is 6.25. The van der Waals surface area contributed by atoms with Crippen LogP contribution in [0.15, 0.2) is 49.2 Å². The van der Waals surface area contributed by atoms with E-state index in [-0.39, 0.29) is 0 Å². The molecule has 1 aromatic carbocycles. The molecule has 1 fully saturated rings. The predicted octanol–water partition coefficient (Wildman–Crippen LogP) is 4.36. The molecule has 1 aliphatic carbocycles. The van der Waals surface area contributed by atoms with E-state index in [0.717, 1.165) is 11.3 Å². The molecule has 1 saturated carbocycles. The molecule has 0 saturated heterocycles. The molecule has 0 spiro atoms. The molecule has 132 valence electrons. The van der Waals surface area contributed by atoms with Gasteiger partial charge in [-0.2, -0.15) is 5.10 Å². The molecular weight excluding hydrogens is 350 g/mol. The summed E-state index contributed by atoms with van der Waals surface area (Å²) in [6.07, 6.45) is 4.61. The zero-order valence-corrected chi connectivity index (χ0v) is 14.7. The third-order valence-corrected chi connectivity index (χ3v) is 4.63. The highest BCUT2D eigenvalue weighted by molar-refractivity contribution is 6.32. The van der Waals surface area contributed by atoms with Crippen LogP contribution in [0.5, 0.6) is 0 Å². The van der Waals surface area contributed by atoms with E-state index >= 15 is 0 Å². The van der Waals surface area contributed by atoms with E-state index in [1.165, 1.54) is 25.1 Å². The summed E-state index contributed by atoms with van der Waals surface area (Å²) in [6.45, 7) is 3.64. The molecule has 0 radical (unpaired) electrons. The Morgan fingerprint density at radius 1 is 1.35 bits per heavy atom. The normalized spacial score (nSPS) is 14.8. The van der Waals surface area contributed by atoms with Crippen LogP contribution >= 0.6 is 11.6 Å². The van der Waals surface area contributed by atoms with E-state index in [9.17, 15) is 5.11 Å². The van der Waals surface area contributed by atoms with Crippen LogP contribution in [0.2, 0.25) is 5.02 Å². The Morgan fingerprint density at radius 3 is 2.92 bits per heavy atom. The first-order chi connectivity index (χ1) is 12.7. The molecule has 1 aliphatic rings. The lowest BCUT2D eigenvalue weighted by atomic mass is 10.0. The number of nitrogens with one attached hydrogen (secondary N) is 2. The van der Waals surface area contributed by atoms with Gasteiger partial charge in [-0.1, -0.05) is 41.9 Å². The predicted molar refractivity (Wildman–Crippen MR) is 101 cm³/mol. The Morgan fingerprint density at radius 2 is 2.15 bits per heavy atom. The first-order valence-electron chi connectivity index (χ1n) is 8.40. The minimum absolute atomic E-state index is 0.395. The summed E-state index contributed by atoms with van der Waals surface area (Å²) in [6, 6.07) is 9.38. The Hall–Kier alpha value is -2.70. The van der Waals surface area contributed by atoms with Crippen molar-refractivity contribution in [3.05, 3.63) is 65.5 Å². The fourth-order valence-corrected chi connectivity index (χ4v) is 2.93. The molecule has 7 heteroatoms. The van der Waals surface area contributed by atoms with Crippen molar-refractivity contribution < 1.29 is 5.11 Å². The summed E-state index contributed by atoms with van der Waals surface area (Å²) in [7, 11) is 0. The summed E-state index contributed by atoms with van der Waals surface area (Å²) in [4.78, 5) is 8.85. The molecule has 26 heavy (non-hydrogen) atoms. The number of halogens is 1. The third-order valence-electron chi connectivity index (χ3n) is 4.35. The van der Waals surface area contributed by atoms with Gasteiger partial charge in [-0.3, -0.25) is 5.10 Å². The maximum absolute atomic E-state index is 10.2. The monoisotopic (exact) mass is 367 g/mol. The molecule has 1 atom stereocenters. The summed E-state index contributed by atoms with van der Waals surface area (Å²) in [5.41, 5.74) is 2.53. The molecular formula is C19H18ClN5O. The number of hydrogen-bond donors (Lipinski definition) is 3. The molecule has 3 N–H and O–H groups in total. The molecule has 3 aromatic rings. The van der Waals surface area contributed by atoms with Crippen LogP contribution in [0, 0.1) is 0 Å². The second kappa shape index (κ2) is 6.90. The van der Waals surface area contributed by atoms with Crippen LogP contribution in [-0.2, 0) is 0 Å². The second-order valence-corrected chi connectivity index (χ2v) is 6.67. The fraction of sp³-hybridized carbons (Fsp3) is 0.211. The van der Waals surface area contributed by atoms with Crippen LogP contribution in [0.1, 0.15) is 36.1 Å². The van der Waals surface area contributed by atoms with Crippen molar-refractivity contribution in [2.24, 2.45) is 0 Å². The van der Waals surface area contributed by atoms with Crippen LogP contribution in [0.25, 0.3) is 11.4 Å². The van der Waals surface area contributed by atoms with Gasteiger partial charge in [-0.15, -0.1) is 6.58 Å². The number of aliphatic hydroxyl groups is 1. The van der Waals surface area contributed by atoms with Gasteiger partial charge >= 0.3 is 0 Å². The molecule has 6 nitrogen and oxygen atoms in total. The average Bonchev–Trinajstić information content (AvgIpc) is 3.42. The van der Waals surface area contributed by atoms with E-state index < -0.39 is 6.10 Å². The number of hydrogen-bond acceptors (Lipinski definition) is 5. The largest absolute Gasteiger partial charge is 0.384 e. The number of aromatic nitrogens is 4. The Kier molecular flexibility index (Phi) is 4.44. The molecule has 2 heterocycles. The zero-order chi connectivity index (χ0) is 18.1. The number of rotatable bonds is 6. The van der Waals surface area contributed by atoms with E-state index in [0.29, 0.717) is 34.0 Å². The Bertz CT molecular complexity index is 951. The van der Waals surface area contributed by atoms with E-state index in [4.69, 9.17) is 11.6 Å². The van der Waals surface area contributed by atoms with Crippen molar-refractivity contribution in [1.82, 2.24) is 20.2 Å². The lowest BCUT2D eigenvalue weighted by Gasteiger charge is -2.12. The molecule has 1 unspecified atom stereocenters. The first kappa shape index (κ1) is 16.8. The first-order valence-corrected chi connectivity index (χ1v) is 8.78. The van der Waals surface area contributed by atoms with Crippen LogP contribution < -0.4 is 5.32 Å². The number of benzene rings is 1. The number of nitrogens with zero attached hydrogens (tertiary/aromatic N) is 3. The van der Waals surface area contributed by atoms with Gasteiger partial charge in [-0.25, -0.2) is 9.97 Å². The highest BCUT2D eigenvalue weighted by atomic mass is 35.5. The zero-order valence-electron chi connectivity index (χ0n) is 14.0. The van der Waals surface area contributed by atoms with Crippen molar-refractivity contribution in [3.63, 3.8) is 0 Å². The minimum atomic E-state index is -0.797. The summed E-state index contributed by atoms with van der Waals surface area (Å²) in [5, 5.41) is 21.0. The second-order valence-electron chi connectivity index (χ2n) is 6.27. The molecule has 0 aliphatic heterocycles. The average molecular weight is 368 g/mol. The lowest BCUT2D eigenvalue weighted by molar-refractivity contribution is 0.229. The van der Waals surface area contributed by atoms with Gasteiger partial charge in [0.1, 0.15) is 5.02 Å². The lowest BCUT2D eigenvalue weighted by Crippen LogP contribution is -2.02. The standard InChI is InChI=1S/C19H18ClN5O/c1-2-16(26)12-5-3-4-6-13(12)18-21-10-14(20)19(23-18)22-17-9-15(24-25-17)11-7-8-11/h2-6,9-11,16,26H,1,7-8H2,(H2,21,22,23,24,25). The van der Waals surface area contributed by atoms with Crippen molar-refractivity contribution in [2.45, 2.75) is 24.9 Å². The van der Waals surface area contributed by atoms with Gasteiger partial charge in [-0.05, 0) is 18.4 Å². The summed E-state index contributed by atoms with van der Waals surface area (Å²) in [5.74, 6) is 2.18. The van der Waals surface area contributed by atoms with E-state index in [1.54, 1.807) is 0 Å². The smallest absolute Gasteiger partial charge is 0.162 e. The van der Waals surface area contributed by atoms with Gasteiger partial charge in [0.15, 0.2) is 17.5 Å². The number of aromatic amines is 1. The SMILES string of the molecule is C=CC(O)c1ccccc1-c1ncc(Cl)c(Nc2cc(C3CC3)[nH]n2)n1.